The first-order valence-corrected chi connectivity index (χ1v) is 19.7. The topological polar surface area (TPSA) is 76.7 Å². The molecule has 0 heterocycles. The maximum atomic E-state index is 14.0. The number of carbonyl (C=O) groups is 2. The second kappa shape index (κ2) is 17.7. The smallest absolute Gasteiger partial charge is 0.328 e. The van der Waals surface area contributed by atoms with Gasteiger partial charge < -0.3 is 20.1 Å². The normalized spacial score (nSPS) is 12.9. The molecule has 0 saturated carbocycles. The average Bonchev–Trinajstić information content (AvgIpc) is 3.14. The quantitative estimate of drug-likeness (QED) is 0.0771. The van der Waals surface area contributed by atoms with Crippen molar-refractivity contribution in [3.8, 4) is 0 Å². The van der Waals surface area contributed by atoms with E-state index in [2.05, 4.69) is 95.6 Å². The van der Waals surface area contributed by atoms with Crippen LogP contribution >= 0.6 is 23.5 Å². The van der Waals surface area contributed by atoms with Gasteiger partial charge in [-0.15, -0.1) is 11.8 Å². The van der Waals surface area contributed by atoms with Gasteiger partial charge in [-0.3, -0.25) is 4.79 Å². The summed E-state index contributed by atoms with van der Waals surface area (Å²) in [4.78, 5) is 26.7. The van der Waals surface area contributed by atoms with E-state index in [4.69, 9.17) is 9.47 Å². The summed E-state index contributed by atoms with van der Waals surface area (Å²) in [7, 11) is 1.42. The third-order valence-corrected chi connectivity index (χ3v) is 11.0. The van der Waals surface area contributed by atoms with Gasteiger partial charge in [-0.1, -0.05) is 115 Å². The molecule has 51 heavy (non-hydrogen) atoms. The molecule has 5 aromatic carbocycles. The molecule has 266 valence electrons. The van der Waals surface area contributed by atoms with Crippen molar-refractivity contribution < 1.29 is 19.1 Å². The molecule has 0 bridgehead atoms. The van der Waals surface area contributed by atoms with Crippen molar-refractivity contribution >= 4 is 57.6 Å². The number of thioether (sulfide) groups is 2. The largest absolute Gasteiger partial charge is 0.467 e. The lowest BCUT2D eigenvalue weighted by Gasteiger charge is -2.36. The standard InChI is InChI=1S/C43H48N2O4S2/c1-42(2,3)49-40(46)32(29-44-39-28-36(27-31-17-15-16-24-37(31)39)45-38(25-26-50-5)41(47)48-4)30-51-43(33-18-9-6-10-19-33,34-20-11-7-12-21-34)35-22-13-8-14-23-35/h6-24,27-28,32,38,44-45H,25-26,29-30H2,1-5H3/t32?,38-/m0/s1. The lowest BCUT2D eigenvalue weighted by molar-refractivity contribution is -0.158. The molecule has 5 rings (SSSR count). The van der Waals surface area contributed by atoms with Crippen LogP contribution in [-0.2, 0) is 23.8 Å². The number of carbonyl (C=O) groups excluding carboxylic acids is 2. The SMILES string of the molecule is COC(=O)[C@H](CCSC)Nc1cc(NCC(CSC(c2ccccc2)(c2ccccc2)c2ccccc2)C(=O)OC(C)(C)C)c2ccccc2c1. The van der Waals surface area contributed by atoms with Crippen LogP contribution in [0.2, 0.25) is 0 Å². The fraction of sp³-hybridized carbons (Fsp3) is 0.302. The van der Waals surface area contributed by atoms with E-state index in [1.165, 1.54) is 7.11 Å². The Kier molecular flexibility index (Phi) is 13.1. The fourth-order valence-corrected chi connectivity index (χ4v) is 8.28. The Hall–Kier alpha value is -4.40. The fourth-order valence-electron chi connectivity index (χ4n) is 6.19. The number of fused-ring (bicyclic) bond motifs is 1. The van der Waals surface area contributed by atoms with Gasteiger partial charge in [0, 0.05) is 29.1 Å². The number of rotatable bonds is 16. The summed E-state index contributed by atoms with van der Waals surface area (Å²) < 4.78 is 10.6. The molecule has 6 nitrogen and oxygen atoms in total. The highest BCUT2D eigenvalue weighted by Crippen LogP contribution is 2.49. The molecule has 0 fully saturated rings. The van der Waals surface area contributed by atoms with Gasteiger partial charge in [0.2, 0.25) is 0 Å². The van der Waals surface area contributed by atoms with Crippen molar-refractivity contribution in [3.05, 3.63) is 144 Å². The molecule has 1 unspecified atom stereocenters. The van der Waals surface area contributed by atoms with Gasteiger partial charge in [-0.25, -0.2) is 4.79 Å². The van der Waals surface area contributed by atoms with E-state index in [-0.39, 0.29) is 11.9 Å². The van der Waals surface area contributed by atoms with Crippen LogP contribution in [0, 0.1) is 5.92 Å². The van der Waals surface area contributed by atoms with E-state index >= 15 is 0 Å². The van der Waals surface area contributed by atoms with Crippen molar-refractivity contribution in [3.63, 3.8) is 0 Å². The maximum Gasteiger partial charge on any atom is 0.328 e. The maximum absolute atomic E-state index is 14.0. The van der Waals surface area contributed by atoms with Crippen LogP contribution in [0.4, 0.5) is 11.4 Å². The zero-order valence-corrected chi connectivity index (χ0v) is 31.7. The Balaban J connectivity index is 1.51. The Morgan fingerprint density at radius 2 is 1.29 bits per heavy atom. The van der Waals surface area contributed by atoms with Crippen LogP contribution in [0.15, 0.2) is 127 Å². The molecule has 0 saturated heterocycles. The van der Waals surface area contributed by atoms with Gasteiger partial charge in [0.25, 0.3) is 0 Å². The van der Waals surface area contributed by atoms with Gasteiger partial charge in [0.1, 0.15) is 11.6 Å². The monoisotopic (exact) mass is 720 g/mol. The van der Waals surface area contributed by atoms with Crippen LogP contribution in [0.25, 0.3) is 10.8 Å². The van der Waals surface area contributed by atoms with Gasteiger partial charge in [0.05, 0.1) is 17.8 Å². The number of esters is 2. The van der Waals surface area contributed by atoms with E-state index in [9.17, 15) is 9.59 Å². The van der Waals surface area contributed by atoms with Crippen molar-refractivity contribution in [2.45, 2.75) is 43.6 Å². The zero-order chi connectivity index (χ0) is 36.3. The summed E-state index contributed by atoms with van der Waals surface area (Å²) in [5, 5.41) is 9.08. The van der Waals surface area contributed by atoms with E-state index in [1.807, 2.05) is 69.5 Å². The van der Waals surface area contributed by atoms with E-state index in [0.29, 0.717) is 18.7 Å². The zero-order valence-electron chi connectivity index (χ0n) is 30.1. The number of anilines is 2. The Morgan fingerprint density at radius 1 is 0.745 bits per heavy atom. The van der Waals surface area contributed by atoms with E-state index < -0.39 is 22.3 Å². The number of nitrogens with one attached hydrogen (secondary N) is 2. The summed E-state index contributed by atoms with van der Waals surface area (Å²) in [5.41, 5.74) is 4.42. The molecule has 2 atom stereocenters. The predicted octanol–water partition coefficient (Wildman–Crippen LogP) is 9.64. The molecular weight excluding hydrogens is 673 g/mol. The molecule has 0 spiro atoms. The highest BCUT2D eigenvalue weighted by Gasteiger charge is 2.39. The first kappa shape index (κ1) is 37.8. The van der Waals surface area contributed by atoms with Gasteiger partial charge in [0.15, 0.2) is 0 Å². The van der Waals surface area contributed by atoms with Gasteiger partial charge in [-0.2, -0.15) is 11.8 Å². The van der Waals surface area contributed by atoms with Crippen LogP contribution in [-0.4, -0.2) is 55.0 Å². The molecule has 0 amide bonds. The van der Waals surface area contributed by atoms with E-state index in [0.717, 1.165) is 44.6 Å². The predicted molar refractivity (Wildman–Crippen MR) is 216 cm³/mol. The second-order valence-electron chi connectivity index (χ2n) is 13.4. The number of hydrogen-bond acceptors (Lipinski definition) is 8. The van der Waals surface area contributed by atoms with Gasteiger partial charge >= 0.3 is 11.9 Å². The van der Waals surface area contributed by atoms with Crippen molar-refractivity contribution in [2.75, 3.05) is 42.0 Å². The highest BCUT2D eigenvalue weighted by molar-refractivity contribution is 8.00. The second-order valence-corrected chi connectivity index (χ2v) is 15.7. The first-order valence-electron chi connectivity index (χ1n) is 17.3. The lowest BCUT2D eigenvalue weighted by atomic mass is 9.84. The highest BCUT2D eigenvalue weighted by atomic mass is 32.2. The number of ether oxygens (including phenoxy) is 2. The minimum absolute atomic E-state index is 0.257. The molecule has 0 radical (unpaired) electrons. The minimum atomic E-state index is -0.647. The van der Waals surface area contributed by atoms with Crippen LogP contribution in [0.5, 0.6) is 0 Å². The van der Waals surface area contributed by atoms with Gasteiger partial charge in [-0.05, 0) is 73.4 Å². The van der Waals surface area contributed by atoms with Crippen molar-refractivity contribution in [1.29, 1.82) is 0 Å². The van der Waals surface area contributed by atoms with E-state index in [1.54, 1.807) is 23.5 Å². The van der Waals surface area contributed by atoms with Crippen molar-refractivity contribution in [1.82, 2.24) is 0 Å². The molecule has 0 aliphatic heterocycles. The molecule has 0 aliphatic rings. The van der Waals surface area contributed by atoms with Crippen molar-refractivity contribution in [2.24, 2.45) is 5.92 Å². The average molecular weight is 721 g/mol. The number of methoxy groups -OCH3 is 1. The summed E-state index contributed by atoms with van der Waals surface area (Å²) in [6.45, 7) is 6.06. The summed E-state index contributed by atoms with van der Waals surface area (Å²) in [5.74, 6) is 0.246. The third kappa shape index (κ3) is 9.69. The molecular formula is C43H48N2O4S2. The molecule has 2 N–H and O–H groups in total. The Bertz CT molecular complexity index is 1770. The summed E-state index contributed by atoms with van der Waals surface area (Å²) in [6, 6.07) is 43.2. The first-order chi connectivity index (χ1) is 24.6. The molecule has 5 aromatic rings. The van der Waals surface area contributed by atoms with Crippen LogP contribution < -0.4 is 10.6 Å². The van der Waals surface area contributed by atoms with Crippen LogP contribution in [0.3, 0.4) is 0 Å². The lowest BCUT2D eigenvalue weighted by Crippen LogP contribution is -2.35. The number of hydrogen-bond donors (Lipinski definition) is 2. The Labute approximate surface area is 311 Å². The summed E-state index contributed by atoms with van der Waals surface area (Å²) in [6.07, 6.45) is 2.66. The Morgan fingerprint density at radius 3 is 1.82 bits per heavy atom. The molecule has 0 aliphatic carbocycles. The molecule has 0 aromatic heterocycles. The summed E-state index contributed by atoms with van der Waals surface area (Å²) >= 11 is 3.44. The third-order valence-electron chi connectivity index (χ3n) is 8.62. The van der Waals surface area contributed by atoms with Crippen LogP contribution in [0.1, 0.15) is 43.9 Å². The molecule has 8 heteroatoms. The minimum Gasteiger partial charge on any atom is -0.467 e. The number of benzene rings is 5.